The Morgan fingerprint density at radius 1 is 1.32 bits per heavy atom. The third kappa shape index (κ3) is 2.26. The Labute approximate surface area is 112 Å². The second-order valence-corrected chi connectivity index (χ2v) is 4.88. The summed E-state index contributed by atoms with van der Waals surface area (Å²) in [6.07, 6.45) is 3.31. The zero-order chi connectivity index (χ0) is 13.2. The van der Waals surface area contributed by atoms with E-state index in [0.717, 1.165) is 24.2 Å². The van der Waals surface area contributed by atoms with Crippen LogP contribution in [0.3, 0.4) is 0 Å². The smallest absolute Gasteiger partial charge is 0.217 e. The third-order valence-electron chi connectivity index (χ3n) is 3.52. The van der Waals surface area contributed by atoms with Crippen molar-refractivity contribution in [1.82, 2.24) is 15.1 Å². The lowest BCUT2D eigenvalue weighted by Gasteiger charge is -2.04. The van der Waals surface area contributed by atoms with Crippen molar-refractivity contribution in [3.63, 3.8) is 0 Å². The third-order valence-corrected chi connectivity index (χ3v) is 3.52. The summed E-state index contributed by atoms with van der Waals surface area (Å²) in [6.45, 7) is 2.06. The first-order valence-corrected chi connectivity index (χ1v) is 6.65. The fraction of sp³-hybridized carbons (Fsp3) is 0.333. The van der Waals surface area contributed by atoms with Gasteiger partial charge in [-0.25, -0.2) is 4.68 Å². The van der Waals surface area contributed by atoms with E-state index in [0.29, 0.717) is 6.54 Å². The molecule has 1 amide bonds. The van der Waals surface area contributed by atoms with Crippen LogP contribution >= 0.6 is 0 Å². The Kier molecular flexibility index (Phi) is 3.07. The van der Waals surface area contributed by atoms with E-state index in [1.807, 2.05) is 22.9 Å². The highest BCUT2D eigenvalue weighted by Gasteiger charge is 2.22. The molecule has 19 heavy (non-hydrogen) atoms. The monoisotopic (exact) mass is 255 g/mol. The summed E-state index contributed by atoms with van der Waals surface area (Å²) < 4.78 is 2.03. The van der Waals surface area contributed by atoms with Gasteiger partial charge in [-0.2, -0.15) is 5.10 Å². The van der Waals surface area contributed by atoms with E-state index in [1.165, 1.54) is 24.6 Å². The minimum Gasteiger partial charge on any atom is -0.351 e. The fourth-order valence-electron chi connectivity index (χ4n) is 2.65. The summed E-state index contributed by atoms with van der Waals surface area (Å²) in [5.74, 6) is -0.0130. The first-order chi connectivity index (χ1) is 9.25. The van der Waals surface area contributed by atoms with Gasteiger partial charge in [0.05, 0.1) is 17.9 Å². The largest absolute Gasteiger partial charge is 0.351 e. The van der Waals surface area contributed by atoms with E-state index in [4.69, 9.17) is 0 Å². The van der Waals surface area contributed by atoms with Crippen molar-refractivity contribution in [2.24, 2.45) is 0 Å². The lowest BCUT2D eigenvalue weighted by atomic mass is 10.2. The van der Waals surface area contributed by atoms with E-state index >= 15 is 0 Å². The molecule has 1 aliphatic carbocycles. The van der Waals surface area contributed by atoms with Crippen LogP contribution in [-0.4, -0.2) is 15.7 Å². The van der Waals surface area contributed by atoms with Gasteiger partial charge in [-0.05, 0) is 37.0 Å². The Morgan fingerprint density at radius 2 is 2.11 bits per heavy atom. The Hall–Kier alpha value is -2.10. The van der Waals surface area contributed by atoms with Crippen molar-refractivity contribution in [2.45, 2.75) is 32.7 Å². The molecule has 1 heterocycles. The number of fused-ring (bicyclic) bond motifs is 1. The lowest BCUT2D eigenvalue weighted by Crippen LogP contribution is -2.20. The molecule has 2 aromatic rings. The normalized spacial score (nSPS) is 13.3. The molecular formula is C15H17N3O. The molecule has 3 rings (SSSR count). The van der Waals surface area contributed by atoms with Crippen LogP contribution in [-0.2, 0) is 24.2 Å². The average molecular weight is 255 g/mol. The number of para-hydroxylation sites is 1. The van der Waals surface area contributed by atoms with Crippen molar-refractivity contribution in [1.29, 1.82) is 0 Å². The highest BCUT2D eigenvalue weighted by molar-refractivity contribution is 5.72. The van der Waals surface area contributed by atoms with Crippen molar-refractivity contribution in [3.05, 3.63) is 47.3 Å². The summed E-state index contributed by atoms with van der Waals surface area (Å²) in [4.78, 5) is 11.0. The second-order valence-electron chi connectivity index (χ2n) is 4.88. The quantitative estimate of drug-likeness (QED) is 0.911. The highest BCUT2D eigenvalue weighted by Crippen LogP contribution is 2.27. The number of carbonyl (C=O) groups excluding carboxylic acids is 1. The predicted octanol–water partition coefficient (Wildman–Crippen LogP) is 2.00. The molecule has 0 radical (unpaired) electrons. The molecule has 0 saturated heterocycles. The molecule has 1 aromatic heterocycles. The molecule has 4 heteroatoms. The number of benzene rings is 1. The highest BCUT2D eigenvalue weighted by atomic mass is 16.1. The summed E-state index contributed by atoms with van der Waals surface area (Å²) in [6, 6.07) is 10.2. The first kappa shape index (κ1) is 12.0. The van der Waals surface area contributed by atoms with E-state index in [9.17, 15) is 4.79 Å². The van der Waals surface area contributed by atoms with E-state index in [2.05, 4.69) is 22.5 Å². The Balaban J connectivity index is 1.98. The molecule has 4 nitrogen and oxygen atoms in total. The van der Waals surface area contributed by atoms with Gasteiger partial charge >= 0.3 is 0 Å². The number of amides is 1. The maximum absolute atomic E-state index is 11.0. The molecule has 0 saturated carbocycles. The molecule has 0 fully saturated rings. The van der Waals surface area contributed by atoms with Crippen LogP contribution in [0, 0.1) is 0 Å². The number of nitrogens with zero attached hydrogens (tertiary/aromatic N) is 2. The maximum atomic E-state index is 11.0. The Morgan fingerprint density at radius 3 is 2.84 bits per heavy atom. The lowest BCUT2D eigenvalue weighted by molar-refractivity contribution is -0.119. The SMILES string of the molecule is CC(=O)NCc1nn(-c2ccccc2)c2c1CCC2. The van der Waals surface area contributed by atoms with Gasteiger partial charge in [-0.15, -0.1) is 0 Å². The van der Waals surface area contributed by atoms with Crippen LogP contribution in [0.5, 0.6) is 0 Å². The number of nitrogens with one attached hydrogen (secondary N) is 1. The second kappa shape index (κ2) is 4.88. The number of aromatic nitrogens is 2. The molecule has 0 spiro atoms. The summed E-state index contributed by atoms with van der Waals surface area (Å²) in [5, 5.41) is 7.52. The predicted molar refractivity (Wildman–Crippen MR) is 73.1 cm³/mol. The first-order valence-electron chi connectivity index (χ1n) is 6.65. The van der Waals surface area contributed by atoms with Gasteiger partial charge in [0.2, 0.25) is 5.91 Å². The minimum atomic E-state index is -0.0130. The molecule has 0 atom stereocenters. The summed E-state index contributed by atoms with van der Waals surface area (Å²) in [5.41, 5.74) is 4.71. The van der Waals surface area contributed by atoms with Crippen LogP contribution in [0.2, 0.25) is 0 Å². The Bertz CT molecular complexity index is 601. The topological polar surface area (TPSA) is 46.9 Å². The summed E-state index contributed by atoms with van der Waals surface area (Å²) >= 11 is 0. The fourth-order valence-corrected chi connectivity index (χ4v) is 2.65. The number of carbonyl (C=O) groups is 1. The summed E-state index contributed by atoms with van der Waals surface area (Å²) in [7, 11) is 0. The van der Waals surface area contributed by atoms with Crippen molar-refractivity contribution >= 4 is 5.91 Å². The molecule has 1 N–H and O–H groups in total. The van der Waals surface area contributed by atoms with Crippen LogP contribution in [0.15, 0.2) is 30.3 Å². The molecule has 0 bridgehead atoms. The van der Waals surface area contributed by atoms with Gasteiger partial charge in [-0.3, -0.25) is 4.79 Å². The van der Waals surface area contributed by atoms with Crippen LogP contribution in [0.4, 0.5) is 0 Å². The average Bonchev–Trinajstić information content (AvgIpc) is 2.99. The van der Waals surface area contributed by atoms with Gasteiger partial charge in [0.1, 0.15) is 0 Å². The molecule has 1 aromatic carbocycles. The number of rotatable bonds is 3. The number of hydrogen-bond donors (Lipinski definition) is 1. The standard InChI is InChI=1S/C15H17N3O/c1-11(19)16-10-14-13-8-5-9-15(13)18(17-14)12-6-3-2-4-7-12/h2-4,6-7H,5,8-10H2,1H3,(H,16,19). The molecule has 1 aliphatic rings. The van der Waals surface area contributed by atoms with Crippen LogP contribution in [0.25, 0.3) is 5.69 Å². The number of hydrogen-bond acceptors (Lipinski definition) is 2. The van der Waals surface area contributed by atoms with Gasteiger partial charge in [0.25, 0.3) is 0 Å². The minimum absolute atomic E-state index is 0.0130. The zero-order valence-electron chi connectivity index (χ0n) is 11.0. The van der Waals surface area contributed by atoms with E-state index in [-0.39, 0.29) is 5.91 Å². The van der Waals surface area contributed by atoms with Gasteiger partial charge in [-0.1, -0.05) is 18.2 Å². The van der Waals surface area contributed by atoms with Gasteiger partial charge in [0, 0.05) is 12.6 Å². The molecule has 0 aliphatic heterocycles. The van der Waals surface area contributed by atoms with Gasteiger partial charge < -0.3 is 5.32 Å². The van der Waals surface area contributed by atoms with Crippen molar-refractivity contribution < 1.29 is 4.79 Å². The van der Waals surface area contributed by atoms with Crippen molar-refractivity contribution in [2.75, 3.05) is 0 Å². The maximum Gasteiger partial charge on any atom is 0.217 e. The molecule has 0 unspecified atom stereocenters. The van der Waals surface area contributed by atoms with Crippen LogP contribution in [0.1, 0.15) is 30.3 Å². The zero-order valence-corrected chi connectivity index (χ0v) is 11.0. The van der Waals surface area contributed by atoms with Crippen molar-refractivity contribution in [3.8, 4) is 5.69 Å². The van der Waals surface area contributed by atoms with E-state index in [1.54, 1.807) is 0 Å². The van der Waals surface area contributed by atoms with Gasteiger partial charge in [0.15, 0.2) is 0 Å². The molecule has 98 valence electrons. The van der Waals surface area contributed by atoms with E-state index < -0.39 is 0 Å². The van der Waals surface area contributed by atoms with Crippen LogP contribution < -0.4 is 5.32 Å². The molecular weight excluding hydrogens is 238 g/mol.